The van der Waals surface area contributed by atoms with Crippen molar-refractivity contribution in [3.8, 4) is 5.75 Å². The molecule has 3 N–H and O–H groups in total. The van der Waals surface area contributed by atoms with Crippen LogP contribution in [-0.4, -0.2) is 31.1 Å². The number of esters is 1. The number of carbonyl (C=O) groups excluding carboxylic acids is 3. The summed E-state index contributed by atoms with van der Waals surface area (Å²) in [6, 6.07) is 3.76. The van der Waals surface area contributed by atoms with Crippen molar-refractivity contribution in [2.75, 3.05) is 7.11 Å². The van der Waals surface area contributed by atoms with Crippen LogP contribution >= 0.6 is 0 Å². The third kappa shape index (κ3) is 3.98. The van der Waals surface area contributed by atoms with Crippen LogP contribution in [0.4, 0.5) is 4.79 Å². The average Bonchev–Trinajstić information content (AvgIpc) is 2.38. The normalized spacial score (nSPS) is 11.3. The molecule has 0 heterocycles. The summed E-state index contributed by atoms with van der Waals surface area (Å²) in [7, 11) is 1.49. The summed E-state index contributed by atoms with van der Waals surface area (Å²) < 4.78 is 10.0. The minimum Gasteiger partial charge on any atom is -0.496 e. The van der Waals surface area contributed by atoms with Crippen molar-refractivity contribution in [2.24, 2.45) is 5.73 Å². The Morgan fingerprint density at radius 2 is 1.95 bits per heavy atom. The van der Waals surface area contributed by atoms with E-state index in [1.807, 2.05) is 12.2 Å². The number of benzene rings is 1. The highest BCUT2D eigenvalue weighted by Gasteiger charge is 2.20. The molecule has 0 saturated heterocycles. The molecule has 0 aliphatic heterocycles. The molecule has 0 spiro atoms. The number of primary amides is 1. The van der Waals surface area contributed by atoms with Crippen LogP contribution in [0, 0.1) is 6.92 Å². The molecule has 0 radical (unpaired) electrons. The Morgan fingerprint density at radius 1 is 1.30 bits per heavy atom. The van der Waals surface area contributed by atoms with Gasteiger partial charge in [0.25, 0.3) is 5.91 Å². The Hall–Kier alpha value is -2.57. The van der Waals surface area contributed by atoms with Gasteiger partial charge >= 0.3 is 12.0 Å². The van der Waals surface area contributed by atoms with Crippen molar-refractivity contribution in [1.29, 1.82) is 0 Å². The van der Waals surface area contributed by atoms with Gasteiger partial charge in [0.2, 0.25) is 0 Å². The van der Waals surface area contributed by atoms with Gasteiger partial charge in [0.15, 0.2) is 6.10 Å². The molecule has 0 saturated carbocycles. The van der Waals surface area contributed by atoms with Gasteiger partial charge in [0.1, 0.15) is 5.75 Å². The summed E-state index contributed by atoms with van der Waals surface area (Å²) in [5.74, 6) is -0.950. The van der Waals surface area contributed by atoms with Gasteiger partial charge in [-0.3, -0.25) is 10.1 Å². The average molecular weight is 280 g/mol. The summed E-state index contributed by atoms with van der Waals surface area (Å²) in [6.07, 6.45) is -1.14. The van der Waals surface area contributed by atoms with Crippen LogP contribution in [0.5, 0.6) is 5.75 Å². The second kappa shape index (κ2) is 6.55. The molecule has 108 valence electrons. The number of urea groups is 1. The van der Waals surface area contributed by atoms with E-state index in [0.717, 1.165) is 5.56 Å². The number of carbonyl (C=O) groups is 3. The quantitative estimate of drug-likeness (QED) is 0.791. The first kappa shape index (κ1) is 15.5. The van der Waals surface area contributed by atoms with Gasteiger partial charge in [-0.25, -0.2) is 9.59 Å². The van der Waals surface area contributed by atoms with E-state index in [1.165, 1.54) is 20.1 Å². The number of aryl methyl sites for hydroxylation is 1. The second-order valence-electron chi connectivity index (χ2n) is 4.09. The number of hydrogen-bond acceptors (Lipinski definition) is 5. The van der Waals surface area contributed by atoms with Crippen molar-refractivity contribution in [3.63, 3.8) is 0 Å². The highest BCUT2D eigenvalue weighted by molar-refractivity contribution is 5.98. The monoisotopic (exact) mass is 280 g/mol. The van der Waals surface area contributed by atoms with E-state index in [9.17, 15) is 14.4 Å². The molecule has 7 nitrogen and oxygen atoms in total. The number of amides is 3. The minimum atomic E-state index is -1.14. The number of methoxy groups -OCH3 is 1. The van der Waals surface area contributed by atoms with Crippen LogP contribution in [0.15, 0.2) is 18.2 Å². The molecule has 1 aromatic carbocycles. The number of nitrogens with one attached hydrogen (secondary N) is 1. The molecular formula is C13H16N2O5. The molecule has 3 amide bonds. The molecule has 0 aliphatic rings. The standard InChI is InChI=1S/C13H16N2O5/c1-7-4-5-9(6-10(7)19-3)12(17)20-8(2)11(16)15-13(14)18/h4-6,8H,1-3H3,(H3,14,15,16,18)/t8-/m0/s1. The molecule has 1 rings (SSSR count). The smallest absolute Gasteiger partial charge is 0.339 e. The van der Waals surface area contributed by atoms with Crippen molar-refractivity contribution in [2.45, 2.75) is 20.0 Å². The summed E-state index contributed by atoms with van der Waals surface area (Å²) in [6.45, 7) is 3.17. The maximum atomic E-state index is 11.9. The highest BCUT2D eigenvalue weighted by atomic mass is 16.5. The van der Waals surface area contributed by atoms with E-state index < -0.39 is 24.0 Å². The summed E-state index contributed by atoms with van der Waals surface area (Å²) in [4.78, 5) is 33.8. The number of imide groups is 1. The highest BCUT2D eigenvalue weighted by Crippen LogP contribution is 2.19. The molecule has 0 aromatic heterocycles. The number of hydrogen-bond donors (Lipinski definition) is 2. The molecular weight excluding hydrogens is 264 g/mol. The lowest BCUT2D eigenvalue weighted by Gasteiger charge is -2.13. The lowest BCUT2D eigenvalue weighted by Crippen LogP contribution is -2.42. The van der Waals surface area contributed by atoms with Crippen LogP contribution in [0.2, 0.25) is 0 Å². The predicted octanol–water partition coefficient (Wildman–Crippen LogP) is 0.744. The Labute approximate surface area is 116 Å². The zero-order valence-corrected chi connectivity index (χ0v) is 11.4. The third-order valence-electron chi connectivity index (χ3n) is 2.54. The first-order valence-electron chi connectivity index (χ1n) is 5.81. The summed E-state index contributed by atoms with van der Waals surface area (Å²) >= 11 is 0. The Morgan fingerprint density at radius 3 is 2.50 bits per heavy atom. The molecule has 7 heteroatoms. The van der Waals surface area contributed by atoms with Crippen LogP contribution in [-0.2, 0) is 9.53 Å². The van der Waals surface area contributed by atoms with E-state index in [2.05, 4.69) is 0 Å². The van der Waals surface area contributed by atoms with Gasteiger partial charge in [0.05, 0.1) is 12.7 Å². The predicted molar refractivity (Wildman–Crippen MR) is 70.3 cm³/mol. The topological polar surface area (TPSA) is 108 Å². The third-order valence-corrected chi connectivity index (χ3v) is 2.54. The van der Waals surface area contributed by atoms with E-state index in [-0.39, 0.29) is 5.56 Å². The fourth-order valence-electron chi connectivity index (χ4n) is 1.45. The zero-order chi connectivity index (χ0) is 15.3. The second-order valence-corrected chi connectivity index (χ2v) is 4.09. The molecule has 1 atom stereocenters. The van der Waals surface area contributed by atoms with E-state index >= 15 is 0 Å². The number of nitrogens with two attached hydrogens (primary N) is 1. The van der Waals surface area contributed by atoms with E-state index in [0.29, 0.717) is 5.75 Å². The first-order chi connectivity index (χ1) is 9.35. The van der Waals surface area contributed by atoms with E-state index in [4.69, 9.17) is 15.2 Å². The lowest BCUT2D eigenvalue weighted by molar-refractivity contribution is -0.127. The minimum absolute atomic E-state index is 0.242. The summed E-state index contributed by atoms with van der Waals surface area (Å²) in [5, 5.41) is 1.83. The van der Waals surface area contributed by atoms with Crippen LogP contribution in [0.3, 0.4) is 0 Å². The van der Waals surface area contributed by atoms with Gasteiger partial charge in [0, 0.05) is 0 Å². The van der Waals surface area contributed by atoms with Gasteiger partial charge in [-0.2, -0.15) is 0 Å². The van der Waals surface area contributed by atoms with Gasteiger partial charge in [-0.1, -0.05) is 6.07 Å². The van der Waals surface area contributed by atoms with Crippen molar-refractivity contribution in [3.05, 3.63) is 29.3 Å². The maximum Gasteiger partial charge on any atom is 0.339 e. The largest absolute Gasteiger partial charge is 0.496 e. The van der Waals surface area contributed by atoms with Gasteiger partial charge in [-0.15, -0.1) is 0 Å². The van der Waals surface area contributed by atoms with Crippen molar-refractivity contribution < 1.29 is 23.9 Å². The maximum absolute atomic E-state index is 11.9. The number of ether oxygens (including phenoxy) is 2. The molecule has 20 heavy (non-hydrogen) atoms. The van der Waals surface area contributed by atoms with Crippen LogP contribution in [0.1, 0.15) is 22.8 Å². The first-order valence-corrected chi connectivity index (χ1v) is 5.81. The molecule has 0 unspecified atom stereocenters. The Bertz CT molecular complexity index is 542. The van der Waals surface area contributed by atoms with Gasteiger partial charge in [-0.05, 0) is 31.5 Å². The Kier molecular flexibility index (Phi) is 5.08. The van der Waals surface area contributed by atoms with Gasteiger partial charge < -0.3 is 15.2 Å². The molecule has 0 aliphatic carbocycles. The lowest BCUT2D eigenvalue weighted by atomic mass is 10.1. The fourth-order valence-corrected chi connectivity index (χ4v) is 1.45. The van der Waals surface area contributed by atoms with Crippen LogP contribution < -0.4 is 15.8 Å². The Balaban J connectivity index is 2.76. The molecule has 1 aromatic rings. The zero-order valence-electron chi connectivity index (χ0n) is 11.4. The van der Waals surface area contributed by atoms with Crippen LogP contribution in [0.25, 0.3) is 0 Å². The SMILES string of the molecule is COc1cc(C(=O)O[C@@H](C)C(=O)NC(N)=O)ccc1C. The van der Waals surface area contributed by atoms with Crippen molar-refractivity contribution in [1.82, 2.24) is 5.32 Å². The number of rotatable bonds is 4. The fraction of sp³-hybridized carbons (Fsp3) is 0.308. The van der Waals surface area contributed by atoms with Crippen molar-refractivity contribution >= 4 is 17.9 Å². The molecule has 0 bridgehead atoms. The molecule has 0 fully saturated rings. The van der Waals surface area contributed by atoms with E-state index in [1.54, 1.807) is 12.1 Å². The summed E-state index contributed by atoms with van der Waals surface area (Å²) in [5.41, 5.74) is 5.91.